The number of nitrogens with one attached hydrogen (secondary N) is 1. The second kappa shape index (κ2) is 12.7. The number of phenolic OH excluding ortho intramolecular Hbond substituents is 2. The summed E-state index contributed by atoms with van der Waals surface area (Å²) in [6, 6.07) is 28.2. The van der Waals surface area contributed by atoms with E-state index in [0.29, 0.717) is 35.4 Å². The average molecular weight is 698 g/mol. The van der Waals surface area contributed by atoms with Gasteiger partial charge in [0.1, 0.15) is 17.2 Å². The van der Waals surface area contributed by atoms with Crippen LogP contribution < -0.4 is 10.2 Å². The van der Waals surface area contributed by atoms with Crippen LogP contribution in [0.4, 0.5) is 5.69 Å². The molecule has 0 radical (unpaired) electrons. The van der Waals surface area contributed by atoms with Crippen LogP contribution in [0.3, 0.4) is 0 Å². The molecular formula is C42H39N3O7. The van der Waals surface area contributed by atoms with Crippen LogP contribution in [-0.2, 0) is 31.0 Å². The van der Waals surface area contributed by atoms with Crippen molar-refractivity contribution in [2.75, 3.05) is 19.1 Å². The van der Waals surface area contributed by atoms with Crippen molar-refractivity contribution in [2.24, 2.45) is 23.7 Å². The number of hydrazine groups is 1. The van der Waals surface area contributed by atoms with Crippen molar-refractivity contribution < 1.29 is 34.1 Å². The van der Waals surface area contributed by atoms with E-state index in [1.165, 1.54) is 18.1 Å². The third-order valence-electron chi connectivity index (χ3n) is 11.6. The third-order valence-corrected chi connectivity index (χ3v) is 11.6. The maximum Gasteiger partial charge on any atom is 0.260 e. The summed E-state index contributed by atoms with van der Waals surface area (Å²) in [7, 11) is 1.49. The second-order valence-corrected chi connectivity index (χ2v) is 14.3. The van der Waals surface area contributed by atoms with Crippen LogP contribution in [0.1, 0.15) is 41.0 Å². The average Bonchev–Trinajstić information content (AvgIpc) is 3.53. The van der Waals surface area contributed by atoms with Crippen molar-refractivity contribution in [1.82, 2.24) is 9.91 Å². The maximum absolute atomic E-state index is 15.3. The minimum absolute atomic E-state index is 0.0201. The summed E-state index contributed by atoms with van der Waals surface area (Å²) < 4.78 is 5.85. The van der Waals surface area contributed by atoms with E-state index in [2.05, 4.69) is 5.43 Å². The van der Waals surface area contributed by atoms with E-state index in [9.17, 15) is 24.6 Å². The summed E-state index contributed by atoms with van der Waals surface area (Å²) in [5, 5.41) is 21.4. The molecule has 8 rings (SSSR count). The predicted octanol–water partition coefficient (Wildman–Crippen LogP) is 5.64. The van der Waals surface area contributed by atoms with Crippen molar-refractivity contribution in [3.8, 4) is 17.2 Å². The lowest BCUT2D eigenvalue weighted by Gasteiger charge is -2.50. The number of methoxy groups -OCH3 is 1. The molecule has 1 saturated carbocycles. The Hall–Kier alpha value is -5.90. The SMILES string of the molecule is COc1cc(O)ccc1C1C2=CCC3C(=O)N(CCc4ccc(O)cc4)C(=O)C3C2CC2C(=O)N(Nc3ccc(C)cc3)C(=O)C21c1ccccc1. The van der Waals surface area contributed by atoms with Crippen LogP contribution in [-0.4, -0.2) is 57.4 Å². The fourth-order valence-electron chi connectivity index (χ4n) is 9.22. The lowest BCUT2D eigenvalue weighted by molar-refractivity contribution is -0.141. The number of anilines is 1. The largest absolute Gasteiger partial charge is 0.508 e. The van der Waals surface area contributed by atoms with Gasteiger partial charge in [0.2, 0.25) is 11.8 Å². The molecule has 10 nitrogen and oxygen atoms in total. The van der Waals surface area contributed by atoms with Gasteiger partial charge in [-0.05, 0) is 73.6 Å². The Labute approximate surface area is 301 Å². The number of carbonyl (C=O) groups is 4. The first kappa shape index (κ1) is 33.3. The lowest BCUT2D eigenvalue weighted by Crippen LogP contribution is -2.53. The van der Waals surface area contributed by atoms with E-state index in [1.807, 2.05) is 67.6 Å². The number of benzene rings is 4. The molecule has 0 bridgehead atoms. The summed E-state index contributed by atoms with van der Waals surface area (Å²) in [5.74, 6) is -4.41. The van der Waals surface area contributed by atoms with E-state index in [4.69, 9.17) is 4.74 Å². The number of aryl methyl sites for hydroxylation is 1. The van der Waals surface area contributed by atoms with Crippen molar-refractivity contribution in [1.29, 1.82) is 0 Å². The molecule has 2 aliphatic heterocycles. The molecule has 2 saturated heterocycles. The fourth-order valence-corrected chi connectivity index (χ4v) is 9.22. The number of ether oxygens (including phenoxy) is 1. The van der Waals surface area contributed by atoms with Gasteiger partial charge in [0, 0.05) is 24.1 Å². The van der Waals surface area contributed by atoms with E-state index in [0.717, 1.165) is 21.7 Å². The zero-order valence-electron chi connectivity index (χ0n) is 28.9. The number of amides is 4. The molecule has 4 aromatic carbocycles. The number of nitrogens with zero attached hydrogens (tertiary/aromatic N) is 2. The number of imide groups is 2. The van der Waals surface area contributed by atoms with Crippen LogP contribution in [0.15, 0.2) is 109 Å². The Kier molecular flexibility index (Phi) is 8.12. The number of hydrogen-bond acceptors (Lipinski definition) is 8. The van der Waals surface area contributed by atoms with Crippen LogP contribution in [0, 0.1) is 30.6 Å². The highest BCUT2D eigenvalue weighted by Gasteiger charge is 2.70. The van der Waals surface area contributed by atoms with Gasteiger partial charge in [0.15, 0.2) is 0 Å². The molecule has 10 heteroatoms. The maximum atomic E-state index is 15.3. The van der Waals surface area contributed by atoms with Crippen LogP contribution in [0.2, 0.25) is 0 Å². The third kappa shape index (κ3) is 5.07. The highest BCUT2D eigenvalue weighted by molar-refractivity contribution is 6.13. The van der Waals surface area contributed by atoms with Crippen LogP contribution in [0.25, 0.3) is 0 Å². The first-order valence-electron chi connectivity index (χ1n) is 17.6. The van der Waals surface area contributed by atoms with Crippen LogP contribution >= 0.6 is 0 Å². The standard InChI is InChI=1S/C42H39N3O7/c1-24-8-12-27(13-9-24)43-45-39(49)34-23-33-30(18-19-32-36(33)40(50)44(38(32)48)21-20-25-10-14-28(46)15-11-25)37(31-17-16-29(47)22-35(31)52-2)42(34,41(45)51)26-6-4-3-5-7-26/h3-18,22,32-34,36-37,43,46-47H,19-21,23H2,1-2H3. The zero-order valence-corrected chi connectivity index (χ0v) is 28.9. The Balaban J connectivity index is 1.26. The summed E-state index contributed by atoms with van der Waals surface area (Å²) in [6.45, 7) is 2.15. The van der Waals surface area contributed by atoms with Gasteiger partial charge in [0.25, 0.3) is 11.8 Å². The second-order valence-electron chi connectivity index (χ2n) is 14.3. The molecule has 52 heavy (non-hydrogen) atoms. The molecule has 6 atom stereocenters. The van der Waals surface area contributed by atoms with Gasteiger partial charge in [-0.25, -0.2) is 0 Å². The van der Waals surface area contributed by atoms with E-state index < -0.39 is 46.8 Å². The quantitative estimate of drug-likeness (QED) is 0.159. The first-order chi connectivity index (χ1) is 25.1. The number of carbonyl (C=O) groups excluding carboxylic acids is 4. The highest BCUT2D eigenvalue weighted by atomic mass is 16.5. The molecule has 4 aliphatic rings. The fraction of sp³-hybridized carbons (Fsp3) is 0.286. The van der Waals surface area contributed by atoms with Crippen LogP contribution in [0.5, 0.6) is 17.2 Å². The van der Waals surface area contributed by atoms with Gasteiger partial charge < -0.3 is 14.9 Å². The number of allylic oxidation sites excluding steroid dienone is 2. The molecule has 264 valence electrons. The van der Waals surface area contributed by atoms with Gasteiger partial charge in [0.05, 0.1) is 36.0 Å². The summed E-state index contributed by atoms with van der Waals surface area (Å²) in [6.07, 6.45) is 2.92. The minimum Gasteiger partial charge on any atom is -0.508 e. The van der Waals surface area contributed by atoms with Crippen molar-refractivity contribution in [3.63, 3.8) is 0 Å². The Bertz CT molecular complexity index is 2110. The summed E-state index contributed by atoms with van der Waals surface area (Å²) >= 11 is 0. The molecule has 3 N–H and O–H groups in total. The Morgan fingerprint density at radius 2 is 1.54 bits per heavy atom. The first-order valence-corrected chi connectivity index (χ1v) is 17.6. The Morgan fingerprint density at radius 1 is 0.827 bits per heavy atom. The number of aromatic hydroxyl groups is 2. The van der Waals surface area contributed by atoms with Crippen molar-refractivity contribution in [3.05, 3.63) is 131 Å². The number of hydrogen-bond donors (Lipinski definition) is 3. The monoisotopic (exact) mass is 697 g/mol. The number of rotatable bonds is 8. The van der Waals surface area contributed by atoms with Gasteiger partial charge in [-0.2, -0.15) is 5.01 Å². The zero-order chi connectivity index (χ0) is 36.3. The number of likely N-dealkylation sites (tertiary alicyclic amines) is 1. The number of phenols is 2. The van der Waals surface area contributed by atoms with Gasteiger partial charge in [-0.3, -0.25) is 29.5 Å². The normalized spacial score (nSPS) is 26.5. The molecule has 3 fully saturated rings. The van der Waals surface area contributed by atoms with Gasteiger partial charge in [-0.1, -0.05) is 77.9 Å². The lowest BCUT2D eigenvalue weighted by atomic mass is 9.49. The predicted molar refractivity (Wildman–Crippen MR) is 192 cm³/mol. The van der Waals surface area contributed by atoms with E-state index in [-0.39, 0.29) is 36.3 Å². The molecule has 2 aliphatic carbocycles. The van der Waals surface area contributed by atoms with E-state index in [1.54, 1.807) is 36.4 Å². The molecular weight excluding hydrogens is 658 g/mol. The van der Waals surface area contributed by atoms with Crippen molar-refractivity contribution in [2.45, 2.75) is 37.5 Å². The summed E-state index contributed by atoms with van der Waals surface area (Å²) in [4.78, 5) is 59.8. The van der Waals surface area contributed by atoms with Crippen molar-refractivity contribution >= 4 is 29.3 Å². The highest BCUT2D eigenvalue weighted by Crippen LogP contribution is 2.65. The minimum atomic E-state index is -1.44. The molecule has 4 amide bonds. The number of fused-ring (bicyclic) bond motifs is 4. The molecule has 0 aromatic heterocycles. The Morgan fingerprint density at radius 3 is 2.25 bits per heavy atom. The van der Waals surface area contributed by atoms with E-state index >= 15 is 4.79 Å². The van der Waals surface area contributed by atoms with Gasteiger partial charge >= 0.3 is 0 Å². The molecule has 2 heterocycles. The molecule has 4 aromatic rings. The molecule has 0 spiro atoms. The smallest absolute Gasteiger partial charge is 0.260 e. The summed E-state index contributed by atoms with van der Waals surface area (Å²) in [5.41, 5.74) is 6.21. The van der Waals surface area contributed by atoms with Gasteiger partial charge in [-0.15, -0.1) is 0 Å². The molecule has 6 unspecified atom stereocenters. The topological polar surface area (TPSA) is 136 Å².